The minimum Gasteiger partial charge on any atom is -0.356 e. The van der Waals surface area contributed by atoms with Gasteiger partial charge in [-0.15, -0.1) is 24.0 Å². The number of halogens is 1. The second-order valence-electron chi connectivity index (χ2n) is 7.52. The van der Waals surface area contributed by atoms with E-state index < -0.39 is 0 Å². The second-order valence-corrected chi connectivity index (χ2v) is 7.52. The minimum atomic E-state index is 0. The van der Waals surface area contributed by atoms with Crippen molar-refractivity contribution in [3.8, 4) is 0 Å². The van der Waals surface area contributed by atoms with E-state index in [0.29, 0.717) is 5.41 Å². The topological polar surface area (TPSA) is 40.5 Å². The van der Waals surface area contributed by atoms with Gasteiger partial charge in [0.1, 0.15) is 0 Å². The Bertz CT molecular complexity index is 524. The molecular formula is C20H33IN4. The Morgan fingerprint density at radius 1 is 1.20 bits per heavy atom. The first kappa shape index (κ1) is 20.5. The lowest BCUT2D eigenvalue weighted by atomic mass is 9.74. The normalized spacial score (nSPS) is 20.7. The highest BCUT2D eigenvalue weighted by Crippen LogP contribution is 2.42. The number of nitrogens with zero attached hydrogens (tertiary/aromatic N) is 3. The third-order valence-corrected chi connectivity index (χ3v) is 5.76. The first-order valence-corrected chi connectivity index (χ1v) is 9.66. The zero-order valence-electron chi connectivity index (χ0n) is 15.5. The summed E-state index contributed by atoms with van der Waals surface area (Å²) in [6.45, 7) is 3.26. The van der Waals surface area contributed by atoms with Gasteiger partial charge in [-0.25, -0.2) is 0 Å². The first-order valence-electron chi connectivity index (χ1n) is 9.66. The van der Waals surface area contributed by atoms with Gasteiger partial charge in [0.25, 0.3) is 0 Å². The van der Waals surface area contributed by atoms with Crippen molar-refractivity contribution < 1.29 is 0 Å². The fourth-order valence-electron chi connectivity index (χ4n) is 4.47. The molecule has 5 heteroatoms. The van der Waals surface area contributed by atoms with Crippen LogP contribution >= 0.6 is 24.0 Å². The summed E-state index contributed by atoms with van der Waals surface area (Å²) in [6.07, 6.45) is 16.0. The number of rotatable bonds is 3. The maximum Gasteiger partial charge on any atom is 0.193 e. The van der Waals surface area contributed by atoms with Crippen LogP contribution in [0, 0.1) is 5.41 Å². The fraction of sp³-hybridized carbons (Fsp3) is 0.700. The molecular weight excluding hydrogens is 423 g/mol. The molecule has 0 unspecified atom stereocenters. The fourth-order valence-corrected chi connectivity index (χ4v) is 4.47. The molecule has 25 heavy (non-hydrogen) atoms. The number of likely N-dealkylation sites (tertiary alicyclic amines) is 1. The zero-order chi connectivity index (χ0) is 16.7. The van der Waals surface area contributed by atoms with E-state index in [1.807, 2.05) is 25.5 Å². The third kappa shape index (κ3) is 5.83. The van der Waals surface area contributed by atoms with Crippen LogP contribution in [0.4, 0.5) is 0 Å². The summed E-state index contributed by atoms with van der Waals surface area (Å²) in [5, 5.41) is 3.57. The number of nitrogens with one attached hydrogen (secondary N) is 1. The molecule has 0 aromatic carbocycles. The lowest BCUT2D eigenvalue weighted by Crippen LogP contribution is -2.50. The van der Waals surface area contributed by atoms with Gasteiger partial charge in [-0.3, -0.25) is 9.98 Å². The van der Waals surface area contributed by atoms with Crippen LogP contribution in [0.3, 0.4) is 0 Å². The molecule has 1 saturated carbocycles. The van der Waals surface area contributed by atoms with E-state index >= 15 is 0 Å². The predicted octanol–water partition coefficient (Wildman–Crippen LogP) is 4.25. The highest BCUT2D eigenvalue weighted by atomic mass is 127. The number of aromatic nitrogens is 1. The Morgan fingerprint density at radius 3 is 2.64 bits per heavy atom. The summed E-state index contributed by atoms with van der Waals surface area (Å²) in [5.41, 5.74) is 1.83. The van der Waals surface area contributed by atoms with Crippen LogP contribution in [0.5, 0.6) is 0 Å². The van der Waals surface area contributed by atoms with Gasteiger partial charge < -0.3 is 10.2 Å². The van der Waals surface area contributed by atoms with Crippen molar-refractivity contribution in [1.29, 1.82) is 0 Å². The van der Waals surface area contributed by atoms with Gasteiger partial charge in [0.2, 0.25) is 0 Å². The molecule has 1 N–H and O–H groups in total. The standard InChI is InChI=1S/C20H32N4.HI/c1-21-19(23-14-9-18-8-6-13-22-16-18)24-15-7-12-20(17-24)10-4-2-3-5-11-20;/h6,8,13,16H,2-5,7,9-12,14-15,17H2,1H3,(H,21,23);1H. The summed E-state index contributed by atoms with van der Waals surface area (Å²) in [6, 6.07) is 4.14. The molecule has 2 fully saturated rings. The zero-order valence-corrected chi connectivity index (χ0v) is 17.9. The van der Waals surface area contributed by atoms with Crippen LogP contribution in [0.15, 0.2) is 29.5 Å². The van der Waals surface area contributed by atoms with Crippen molar-refractivity contribution in [2.45, 2.75) is 57.8 Å². The van der Waals surface area contributed by atoms with Gasteiger partial charge in [0.15, 0.2) is 5.96 Å². The molecule has 1 aromatic heterocycles. The molecule has 1 aliphatic carbocycles. The number of pyridine rings is 1. The number of hydrogen-bond acceptors (Lipinski definition) is 2. The summed E-state index contributed by atoms with van der Waals surface area (Å²) < 4.78 is 0. The van der Waals surface area contributed by atoms with E-state index in [1.54, 1.807) is 0 Å². The number of aliphatic imine (C=N–C) groups is 1. The van der Waals surface area contributed by atoms with Crippen molar-refractivity contribution >= 4 is 29.9 Å². The van der Waals surface area contributed by atoms with Gasteiger partial charge in [-0.1, -0.05) is 31.7 Å². The lowest BCUT2D eigenvalue weighted by molar-refractivity contribution is 0.115. The van der Waals surface area contributed by atoms with Crippen molar-refractivity contribution in [2.75, 3.05) is 26.7 Å². The van der Waals surface area contributed by atoms with Crippen LogP contribution in [0.25, 0.3) is 0 Å². The highest BCUT2D eigenvalue weighted by molar-refractivity contribution is 14.0. The summed E-state index contributed by atoms with van der Waals surface area (Å²) in [5.74, 6) is 1.09. The summed E-state index contributed by atoms with van der Waals surface area (Å²) in [4.78, 5) is 11.3. The average molecular weight is 456 g/mol. The van der Waals surface area contributed by atoms with Gasteiger partial charge >= 0.3 is 0 Å². The number of guanidine groups is 1. The second kappa shape index (κ2) is 10.3. The van der Waals surface area contributed by atoms with E-state index in [4.69, 9.17) is 0 Å². The Labute approximate surface area is 169 Å². The summed E-state index contributed by atoms with van der Waals surface area (Å²) >= 11 is 0. The predicted molar refractivity (Wildman–Crippen MR) is 116 cm³/mol. The quantitative estimate of drug-likeness (QED) is 0.420. The van der Waals surface area contributed by atoms with Crippen LogP contribution in [-0.4, -0.2) is 42.5 Å². The molecule has 1 spiro atoms. The lowest BCUT2D eigenvalue weighted by Gasteiger charge is -2.44. The van der Waals surface area contributed by atoms with Gasteiger partial charge in [0, 0.05) is 39.1 Å². The largest absolute Gasteiger partial charge is 0.356 e. The molecule has 0 amide bonds. The molecule has 1 saturated heterocycles. The van der Waals surface area contributed by atoms with Crippen molar-refractivity contribution in [3.63, 3.8) is 0 Å². The van der Waals surface area contributed by atoms with Crippen LogP contribution in [0.1, 0.15) is 56.9 Å². The molecule has 0 bridgehead atoms. The molecule has 2 aliphatic rings. The Morgan fingerprint density at radius 2 is 1.96 bits per heavy atom. The van der Waals surface area contributed by atoms with E-state index in [-0.39, 0.29) is 24.0 Å². The van der Waals surface area contributed by atoms with E-state index in [2.05, 4.69) is 26.3 Å². The molecule has 2 heterocycles. The van der Waals surface area contributed by atoms with Crippen molar-refractivity contribution in [1.82, 2.24) is 15.2 Å². The Hall–Kier alpha value is -0.850. The van der Waals surface area contributed by atoms with Crippen molar-refractivity contribution in [3.05, 3.63) is 30.1 Å². The highest BCUT2D eigenvalue weighted by Gasteiger charge is 2.36. The molecule has 0 radical (unpaired) electrons. The number of hydrogen-bond donors (Lipinski definition) is 1. The van der Waals surface area contributed by atoms with Crippen molar-refractivity contribution in [2.24, 2.45) is 10.4 Å². The number of piperidine rings is 1. The SMILES string of the molecule is CN=C(NCCc1cccnc1)N1CCCC2(CCCCCC2)C1.I. The maximum absolute atomic E-state index is 4.56. The minimum absolute atomic E-state index is 0. The molecule has 140 valence electrons. The Balaban J connectivity index is 0.00000225. The molecule has 1 aromatic rings. The molecule has 1 aliphatic heterocycles. The van der Waals surface area contributed by atoms with Crippen LogP contribution in [0.2, 0.25) is 0 Å². The van der Waals surface area contributed by atoms with E-state index in [9.17, 15) is 0 Å². The molecule has 4 nitrogen and oxygen atoms in total. The van der Waals surface area contributed by atoms with Crippen LogP contribution in [-0.2, 0) is 6.42 Å². The van der Waals surface area contributed by atoms with Crippen LogP contribution < -0.4 is 5.32 Å². The van der Waals surface area contributed by atoms with E-state index in [0.717, 1.165) is 25.5 Å². The average Bonchev–Trinajstić information content (AvgIpc) is 2.85. The first-order chi connectivity index (χ1) is 11.8. The summed E-state index contributed by atoms with van der Waals surface area (Å²) in [7, 11) is 1.92. The Kier molecular flexibility index (Phi) is 8.46. The monoisotopic (exact) mass is 456 g/mol. The maximum atomic E-state index is 4.56. The third-order valence-electron chi connectivity index (χ3n) is 5.76. The van der Waals surface area contributed by atoms with Gasteiger partial charge in [0.05, 0.1) is 0 Å². The molecule has 3 rings (SSSR count). The molecule has 0 atom stereocenters. The van der Waals surface area contributed by atoms with E-state index in [1.165, 1.54) is 63.5 Å². The van der Waals surface area contributed by atoms with Gasteiger partial charge in [-0.05, 0) is 49.1 Å². The smallest absolute Gasteiger partial charge is 0.193 e. The van der Waals surface area contributed by atoms with Gasteiger partial charge in [-0.2, -0.15) is 0 Å².